The minimum atomic E-state index is -0.649. The van der Waals surface area contributed by atoms with Gasteiger partial charge in [-0.25, -0.2) is 4.39 Å². The van der Waals surface area contributed by atoms with Crippen molar-refractivity contribution in [2.45, 2.75) is 5.88 Å². The third-order valence-electron chi connectivity index (χ3n) is 1.31. The number of phenols is 1. The SMILES string of the molecule is Oc1c(F)ccc(Br)c1CCl. The molecule has 0 unspecified atom stereocenters. The lowest BCUT2D eigenvalue weighted by atomic mass is 10.2. The van der Waals surface area contributed by atoms with E-state index in [9.17, 15) is 4.39 Å². The number of phenolic OH excluding ortho intramolecular Hbond substituents is 1. The molecule has 1 N–H and O–H groups in total. The van der Waals surface area contributed by atoms with Crippen molar-refractivity contribution >= 4 is 27.5 Å². The van der Waals surface area contributed by atoms with Crippen LogP contribution in [-0.4, -0.2) is 5.11 Å². The Morgan fingerprint density at radius 1 is 1.55 bits per heavy atom. The normalized spacial score (nSPS) is 10.1. The summed E-state index contributed by atoms with van der Waals surface area (Å²) in [5, 5.41) is 9.09. The molecule has 0 aliphatic rings. The Bertz CT molecular complexity index is 277. The van der Waals surface area contributed by atoms with Crippen LogP contribution in [0.1, 0.15) is 5.56 Å². The lowest BCUT2D eigenvalue weighted by Gasteiger charge is -2.03. The fraction of sp³-hybridized carbons (Fsp3) is 0.143. The van der Waals surface area contributed by atoms with Crippen molar-refractivity contribution in [2.24, 2.45) is 0 Å². The molecular formula is C7H5BrClFO. The molecule has 60 valence electrons. The predicted octanol–water partition coefficient (Wildman–Crippen LogP) is 3.03. The van der Waals surface area contributed by atoms with Crippen LogP contribution in [0.15, 0.2) is 16.6 Å². The topological polar surface area (TPSA) is 20.2 Å². The van der Waals surface area contributed by atoms with Crippen molar-refractivity contribution in [1.29, 1.82) is 0 Å². The second-order valence-corrected chi connectivity index (χ2v) is 3.11. The van der Waals surface area contributed by atoms with Gasteiger partial charge in [0.25, 0.3) is 0 Å². The minimum absolute atomic E-state index is 0.0875. The Morgan fingerprint density at radius 2 is 2.18 bits per heavy atom. The zero-order valence-electron chi connectivity index (χ0n) is 5.44. The zero-order chi connectivity index (χ0) is 8.43. The Kier molecular flexibility index (Phi) is 2.73. The highest BCUT2D eigenvalue weighted by Gasteiger charge is 2.08. The maximum Gasteiger partial charge on any atom is 0.165 e. The molecular weight excluding hydrogens is 234 g/mol. The molecule has 1 rings (SSSR count). The summed E-state index contributed by atoms with van der Waals surface area (Å²) in [5.41, 5.74) is 0.381. The smallest absolute Gasteiger partial charge is 0.165 e. The first-order valence-electron chi connectivity index (χ1n) is 2.88. The van der Waals surface area contributed by atoms with E-state index in [0.717, 1.165) is 0 Å². The second-order valence-electron chi connectivity index (χ2n) is 1.99. The number of hydrogen-bond donors (Lipinski definition) is 1. The van der Waals surface area contributed by atoms with Gasteiger partial charge in [-0.1, -0.05) is 15.9 Å². The lowest BCUT2D eigenvalue weighted by Crippen LogP contribution is -1.85. The number of hydrogen-bond acceptors (Lipinski definition) is 1. The molecule has 1 aromatic carbocycles. The van der Waals surface area contributed by atoms with Gasteiger partial charge in [-0.3, -0.25) is 0 Å². The number of halogens is 3. The second kappa shape index (κ2) is 3.41. The molecule has 11 heavy (non-hydrogen) atoms. The summed E-state index contributed by atoms with van der Waals surface area (Å²) in [7, 11) is 0. The monoisotopic (exact) mass is 238 g/mol. The zero-order valence-corrected chi connectivity index (χ0v) is 7.78. The third-order valence-corrected chi connectivity index (χ3v) is 2.32. The van der Waals surface area contributed by atoms with Crippen molar-refractivity contribution in [2.75, 3.05) is 0 Å². The van der Waals surface area contributed by atoms with E-state index in [0.29, 0.717) is 10.0 Å². The first-order valence-corrected chi connectivity index (χ1v) is 4.21. The van der Waals surface area contributed by atoms with Gasteiger partial charge in [-0.15, -0.1) is 11.6 Å². The molecule has 0 amide bonds. The van der Waals surface area contributed by atoms with Crippen LogP contribution in [0, 0.1) is 5.82 Å². The molecule has 1 aromatic rings. The molecule has 0 saturated heterocycles. The van der Waals surface area contributed by atoms with Crippen molar-refractivity contribution in [1.82, 2.24) is 0 Å². The Morgan fingerprint density at radius 3 is 2.64 bits per heavy atom. The molecule has 0 aliphatic heterocycles. The van der Waals surface area contributed by atoms with Crippen LogP contribution in [0.3, 0.4) is 0 Å². The van der Waals surface area contributed by atoms with Gasteiger partial charge in [0.2, 0.25) is 0 Å². The fourth-order valence-electron chi connectivity index (χ4n) is 0.710. The highest BCUT2D eigenvalue weighted by molar-refractivity contribution is 9.10. The molecule has 0 bridgehead atoms. The van der Waals surface area contributed by atoms with E-state index in [4.69, 9.17) is 16.7 Å². The van der Waals surface area contributed by atoms with Crippen molar-refractivity contribution < 1.29 is 9.50 Å². The van der Waals surface area contributed by atoms with E-state index in [1.54, 1.807) is 0 Å². The average molecular weight is 239 g/mol. The molecule has 1 nitrogen and oxygen atoms in total. The van der Waals surface area contributed by atoms with Crippen molar-refractivity contribution in [3.63, 3.8) is 0 Å². The Labute approximate surface area is 76.9 Å². The standard InChI is InChI=1S/C7H5BrClFO/c8-5-1-2-6(10)7(11)4(5)3-9/h1-2,11H,3H2. The quantitative estimate of drug-likeness (QED) is 0.747. The van der Waals surface area contributed by atoms with Gasteiger partial charge >= 0.3 is 0 Å². The summed E-state index contributed by atoms with van der Waals surface area (Å²) in [5.74, 6) is -0.942. The summed E-state index contributed by atoms with van der Waals surface area (Å²) in [6.07, 6.45) is 0. The van der Waals surface area contributed by atoms with Gasteiger partial charge in [-0.2, -0.15) is 0 Å². The number of rotatable bonds is 1. The molecule has 0 fully saturated rings. The summed E-state index contributed by atoms with van der Waals surface area (Å²) >= 11 is 8.58. The molecule has 0 aromatic heterocycles. The summed E-state index contributed by atoms with van der Waals surface area (Å²) in [6.45, 7) is 0. The first-order chi connectivity index (χ1) is 5.16. The van der Waals surface area contributed by atoms with E-state index in [-0.39, 0.29) is 11.6 Å². The van der Waals surface area contributed by atoms with E-state index in [2.05, 4.69) is 15.9 Å². The molecule has 0 spiro atoms. The minimum Gasteiger partial charge on any atom is -0.505 e. The highest BCUT2D eigenvalue weighted by atomic mass is 79.9. The van der Waals surface area contributed by atoms with Crippen LogP contribution in [0.5, 0.6) is 5.75 Å². The van der Waals surface area contributed by atoms with Crippen LogP contribution in [0.4, 0.5) is 4.39 Å². The Balaban J connectivity index is 3.29. The van der Waals surface area contributed by atoms with Gasteiger partial charge in [0, 0.05) is 10.0 Å². The van der Waals surface area contributed by atoms with E-state index in [1.165, 1.54) is 12.1 Å². The number of alkyl halides is 1. The molecule has 4 heteroatoms. The largest absolute Gasteiger partial charge is 0.505 e. The molecule has 0 aliphatic carbocycles. The highest BCUT2D eigenvalue weighted by Crippen LogP contribution is 2.29. The van der Waals surface area contributed by atoms with E-state index in [1.807, 2.05) is 0 Å². The molecule has 0 radical (unpaired) electrons. The number of benzene rings is 1. The van der Waals surface area contributed by atoms with E-state index >= 15 is 0 Å². The van der Waals surface area contributed by atoms with Crippen molar-refractivity contribution in [3.8, 4) is 5.75 Å². The maximum atomic E-state index is 12.6. The van der Waals surface area contributed by atoms with Gasteiger partial charge < -0.3 is 5.11 Å². The van der Waals surface area contributed by atoms with Crippen LogP contribution < -0.4 is 0 Å². The maximum absolute atomic E-state index is 12.6. The summed E-state index contributed by atoms with van der Waals surface area (Å²) in [4.78, 5) is 0. The Hall–Kier alpha value is -0.280. The summed E-state index contributed by atoms with van der Waals surface area (Å²) < 4.78 is 13.2. The van der Waals surface area contributed by atoms with Gasteiger partial charge in [0.1, 0.15) is 0 Å². The number of aromatic hydroxyl groups is 1. The third kappa shape index (κ3) is 1.65. The lowest BCUT2D eigenvalue weighted by molar-refractivity contribution is 0.427. The van der Waals surface area contributed by atoms with Crippen LogP contribution in [-0.2, 0) is 5.88 Å². The van der Waals surface area contributed by atoms with Crippen LogP contribution in [0.25, 0.3) is 0 Å². The average Bonchev–Trinajstić information content (AvgIpc) is 1.99. The molecule has 0 atom stereocenters. The predicted molar refractivity (Wildman–Crippen MR) is 45.3 cm³/mol. The van der Waals surface area contributed by atoms with Crippen LogP contribution >= 0.6 is 27.5 Å². The fourth-order valence-corrected chi connectivity index (χ4v) is 1.60. The van der Waals surface area contributed by atoms with Gasteiger partial charge in [0.15, 0.2) is 11.6 Å². The van der Waals surface area contributed by atoms with Crippen molar-refractivity contribution in [3.05, 3.63) is 28.0 Å². The summed E-state index contributed by atoms with van der Waals surface area (Å²) in [6, 6.07) is 2.68. The van der Waals surface area contributed by atoms with Gasteiger partial charge in [0.05, 0.1) is 5.88 Å². The molecule has 0 heterocycles. The first kappa shape index (κ1) is 8.81. The van der Waals surface area contributed by atoms with E-state index < -0.39 is 5.82 Å². The van der Waals surface area contributed by atoms with Crippen LogP contribution in [0.2, 0.25) is 0 Å². The van der Waals surface area contributed by atoms with Gasteiger partial charge in [-0.05, 0) is 12.1 Å². The molecule has 0 saturated carbocycles.